The summed E-state index contributed by atoms with van der Waals surface area (Å²) >= 11 is 5.83. The van der Waals surface area contributed by atoms with Crippen molar-refractivity contribution in [1.29, 1.82) is 0 Å². The lowest BCUT2D eigenvalue weighted by Gasteiger charge is -2.13. The quantitative estimate of drug-likeness (QED) is 0.500. The predicted octanol–water partition coefficient (Wildman–Crippen LogP) is 1.24. The summed E-state index contributed by atoms with van der Waals surface area (Å²) in [4.78, 5) is 23.1. The second-order valence-corrected chi connectivity index (χ2v) is 6.89. The van der Waals surface area contributed by atoms with Crippen LogP contribution in [0.15, 0.2) is 41.8 Å². The standard InChI is InChI=1S/C15H19ClN2O5S/c1-3-9-17-15(20)11(2)23-14(19)8-10-18-24(21,22)13-7-5-4-6-12(13)16/h3-7,11,18H,1,8-10H2,2H3,(H,17,20)/t11-/m1/s1. The summed E-state index contributed by atoms with van der Waals surface area (Å²) in [7, 11) is -3.82. The van der Waals surface area contributed by atoms with E-state index in [2.05, 4.69) is 16.6 Å². The van der Waals surface area contributed by atoms with Crippen LogP contribution < -0.4 is 10.0 Å². The van der Waals surface area contributed by atoms with Crippen LogP contribution in [0.2, 0.25) is 5.02 Å². The number of amides is 1. The topological polar surface area (TPSA) is 102 Å². The van der Waals surface area contributed by atoms with Gasteiger partial charge in [-0.2, -0.15) is 0 Å². The first-order valence-corrected chi connectivity index (χ1v) is 8.96. The number of ether oxygens (including phenoxy) is 1. The van der Waals surface area contributed by atoms with Gasteiger partial charge in [0.15, 0.2) is 6.10 Å². The van der Waals surface area contributed by atoms with Crippen LogP contribution in [0.4, 0.5) is 0 Å². The molecule has 7 nitrogen and oxygen atoms in total. The third-order valence-corrected chi connectivity index (χ3v) is 4.81. The number of hydrogen-bond acceptors (Lipinski definition) is 5. The van der Waals surface area contributed by atoms with Gasteiger partial charge in [-0.05, 0) is 19.1 Å². The SMILES string of the molecule is C=CCNC(=O)[C@@H](C)OC(=O)CCNS(=O)(=O)c1ccccc1Cl. The summed E-state index contributed by atoms with van der Waals surface area (Å²) in [6.07, 6.45) is 0.302. The van der Waals surface area contributed by atoms with Gasteiger partial charge in [-0.1, -0.05) is 29.8 Å². The zero-order chi connectivity index (χ0) is 18.2. The number of halogens is 1. The first-order valence-electron chi connectivity index (χ1n) is 7.10. The van der Waals surface area contributed by atoms with Crippen molar-refractivity contribution >= 4 is 33.5 Å². The summed E-state index contributed by atoms with van der Waals surface area (Å²) in [6.45, 7) is 4.96. The highest BCUT2D eigenvalue weighted by Gasteiger charge is 2.19. The first-order chi connectivity index (χ1) is 11.3. The molecule has 0 aliphatic carbocycles. The monoisotopic (exact) mass is 374 g/mol. The Morgan fingerprint density at radius 2 is 2.04 bits per heavy atom. The fraction of sp³-hybridized carbons (Fsp3) is 0.333. The highest BCUT2D eigenvalue weighted by atomic mass is 35.5. The van der Waals surface area contributed by atoms with Crippen LogP contribution in [-0.2, 0) is 24.3 Å². The summed E-state index contributed by atoms with van der Waals surface area (Å²) in [5, 5.41) is 2.57. The van der Waals surface area contributed by atoms with Crippen molar-refractivity contribution in [3.05, 3.63) is 41.9 Å². The number of carbonyl (C=O) groups is 2. The molecule has 0 aromatic heterocycles. The molecule has 0 unspecified atom stereocenters. The third-order valence-electron chi connectivity index (χ3n) is 2.85. The largest absolute Gasteiger partial charge is 0.453 e. The Bertz CT molecular complexity index is 706. The molecule has 0 aliphatic heterocycles. The van der Waals surface area contributed by atoms with Gasteiger partial charge in [-0.15, -0.1) is 6.58 Å². The molecule has 24 heavy (non-hydrogen) atoms. The van der Waals surface area contributed by atoms with Gasteiger partial charge in [0.1, 0.15) is 4.90 Å². The molecule has 9 heteroatoms. The maximum atomic E-state index is 12.1. The van der Waals surface area contributed by atoms with Crippen molar-refractivity contribution in [2.75, 3.05) is 13.1 Å². The number of hydrogen-bond donors (Lipinski definition) is 2. The lowest BCUT2D eigenvalue weighted by atomic mass is 10.3. The number of benzene rings is 1. The van der Waals surface area contributed by atoms with Gasteiger partial charge >= 0.3 is 5.97 Å². The molecule has 1 aromatic carbocycles. The van der Waals surface area contributed by atoms with Gasteiger partial charge < -0.3 is 10.1 Å². The van der Waals surface area contributed by atoms with Crippen LogP contribution in [0.25, 0.3) is 0 Å². The molecule has 1 aromatic rings. The van der Waals surface area contributed by atoms with E-state index in [0.717, 1.165) is 0 Å². The van der Waals surface area contributed by atoms with E-state index < -0.39 is 28.0 Å². The van der Waals surface area contributed by atoms with Gasteiger partial charge in [0.05, 0.1) is 11.4 Å². The molecule has 132 valence electrons. The van der Waals surface area contributed by atoms with Gasteiger partial charge in [0.25, 0.3) is 5.91 Å². The number of sulfonamides is 1. The Morgan fingerprint density at radius 3 is 2.67 bits per heavy atom. The van der Waals surface area contributed by atoms with Crippen molar-refractivity contribution in [1.82, 2.24) is 10.0 Å². The molecule has 0 bridgehead atoms. The van der Waals surface area contributed by atoms with E-state index in [1.165, 1.54) is 31.2 Å². The fourth-order valence-electron chi connectivity index (χ4n) is 1.65. The van der Waals surface area contributed by atoms with E-state index in [4.69, 9.17) is 16.3 Å². The Kier molecular flexibility index (Phi) is 7.90. The summed E-state index contributed by atoms with van der Waals surface area (Å²) < 4.78 is 31.3. The molecule has 0 saturated carbocycles. The Hall–Kier alpha value is -1.90. The van der Waals surface area contributed by atoms with Gasteiger partial charge in [-0.3, -0.25) is 9.59 Å². The molecule has 0 spiro atoms. The number of carbonyl (C=O) groups excluding carboxylic acids is 2. The van der Waals surface area contributed by atoms with E-state index in [0.29, 0.717) is 0 Å². The molecule has 0 heterocycles. The highest BCUT2D eigenvalue weighted by Crippen LogP contribution is 2.19. The van der Waals surface area contributed by atoms with Crippen molar-refractivity contribution in [2.24, 2.45) is 0 Å². The van der Waals surface area contributed by atoms with Crippen LogP contribution in [0.3, 0.4) is 0 Å². The van der Waals surface area contributed by atoms with Crippen molar-refractivity contribution in [3.8, 4) is 0 Å². The van der Waals surface area contributed by atoms with E-state index in [9.17, 15) is 18.0 Å². The maximum absolute atomic E-state index is 12.1. The van der Waals surface area contributed by atoms with Crippen LogP contribution in [0.1, 0.15) is 13.3 Å². The minimum atomic E-state index is -3.82. The lowest BCUT2D eigenvalue weighted by molar-refractivity contribution is -0.154. The fourth-order valence-corrected chi connectivity index (χ4v) is 3.20. The van der Waals surface area contributed by atoms with Crippen LogP contribution in [0.5, 0.6) is 0 Å². The smallest absolute Gasteiger partial charge is 0.307 e. The third kappa shape index (κ3) is 6.31. The zero-order valence-electron chi connectivity index (χ0n) is 13.1. The minimum Gasteiger partial charge on any atom is -0.453 e. The number of esters is 1. The van der Waals surface area contributed by atoms with Crippen molar-refractivity contribution < 1.29 is 22.7 Å². The van der Waals surface area contributed by atoms with Crippen LogP contribution in [-0.4, -0.2) is 39.5 Å². The number of rotatable bonds is 9. The lowest BCUT2D eigenvalue weighted by Crippen LogP contribution is -2.36. The van der Waals surface area contributed by atoms with Gasteiger partial charge in [0, 0.05) is 13.1 Å². The normalized spacial score (nSPS) is 12.2. The summed E-state index contributed by atoms with van der Waals surface area (Å²) in [5.41, 5.74) is 0. The van der Waals surface area contributed by atoms with Crippen LogP contribution in [0, 0.1) is 0 Å². The Labute approximate surface area is 146 Å². The predicted molar refractivity (Wildman–Crippen MR) is 90.0 cm³/mol. The molecule has 0 saturated heterocycles. The minimum absolute atomic E-state index is 0.0720. The zero-order valence-corrected chi connectivity index (χ0v) is 14.7. The first kappa shape index (κ1) is 20.1. The molecular weight excluding hydrogens is 356 g/mol. The van der Waals surface area contributed by atoms with E-state index in [-0.39, 0.29) is 29.4 Å². The summed E-state index contributed by atoms with van der Waals surface area (Å²) in [5.74, 6) is -1.15. The molecule has 0 aliphatic rings. The second kappa shape index (κ2) is 9.41. The van der Waals surface area contributed by atoms with Crippen molar-refractivity contribution in [3.63, 3.8) is 0 Å². The average molecular weight is 375 g/mol. The second-order valence-electron chi connectivity index (χ2n) is 4.74. The summed E-state index contributed by atoms with van der Waals surface area (Å²) in [6, 6.07) is 5.96. The molecule has 0 fully saturated rings. The molecule has 0 radical (unpaired) electrons. The number of nitrogens with one attached hydrogen (secondary N) is 2. The average Bonchev–Trinajstić information content (AvgIpc) is 2.52. The Morgan fingerprint density at radius 1 is 1.38 bits per heavy atom. The van der Waals surface area contributed by atoms with Gasteiger partial charge in [0.2, 0.25) is 10.0 Å². The molecule has 1 amide bonds. The highest BCUT2D eigenvalue weighted by molar-refractivity contribution is 7.89. The van der Waals surface area contributed by atoms with Crippen molar-refractivity contribution in [2.45, 2.75) is 24.3 Å². The van der Waals surface area contributed by atoms with Crippen LogP contribution >= 0.6 is 11.6 Å². The molecule has 1 atom stereocenters. The van der Waals surface area contributed by atoms with E-state index in [1.807, 2.05) is 0 Å². The van der Waals surface area contributed by atoms with Gasteiger partial charge in [-0.25, -0.2) is 13.1 Å². The Balaban J connectivity index is 2.47. The maximum Gasteiger partial charge on any atom is 0.307 e. The molecule has 2 N–H and O–H groups in total. The van der Waals surface area contributed by atoms with E-state index in [1.54, 1.807) is 6.07 Å². The molecule has 1 rings (SSSR count). The molecular formula is C15H19ClN2O5S. The van der Waals surface area contributed by atoms with E-state index >= 15 is 0 Å².